The zero-order valence-corrected chi connectivity index (χ0v) is 11.1. The Morgan fingerprint density at radius 2 is 1.95 bits per heavy atom. The molecule has 21 heavy (non-hydrogen) atoms. The molecule has 2 aromatic rings. The van der Waals surface area contributed by atoms with Crippen LogP contribution in [-0.4, -0.2) is 11.8 Å². The van der Waals surface area contributed by atoms with Gasteiger partial charge in [0.1, 0.15) is 5.82 Å². The van der Waals surface area contributed by atoms with Gasteiger partial charge in [0.25, 0.3) is 0 Å². The summed E-state index contributed by atoms with van der Waals surface area (Å²) in [5, 5.41) is 5.37. The standard InChI is InChI=1S/C16H13FN2O2/c17-10-6-7-12-13(9-15(20)19-14(12)8-10)16(21)18-11-4-2-1-3-5-11/h1-8,13H,9H2,(H,18,21)(H,19,20). The van der Waals surface area contributed by atoms with E-state index >= 15 is 0 Å². The molecule has 4 nitrogen and oxygen atoms in total. The third-order valence-electron chi connectivity index (χ3n) is 3.41. The van der Waals surface area contributed by atoms with Gasteiger partial charge in [-0.15, -0.1) is 0 Å². The number of fused-ring (bicyclic) bond motifs is 1. The van der Waals surface area contributed by atoms with Gasteiger partial charge in [0.15, 0.2) is 0 Å². The number of amides is 2. The second-order valence-corrected chi connectivity index (χ2v) is 4.89. The van der Waals surface area contributed by atoms with E-state index in [0.717, 1.165) is 0 Å². The van der Waals surface area contributed by atoms with Crippen molar-refractivity contribution in [1.29, 1.82) is 0 Å². The van der Waals surface area contributed by atoms with E-state index in [1.54, 1.807) is 18.2 Å². The van der Waals surface area contributed by atoms with Gasteiger partial charge in [-0.25, -0.2) is 4.39 Å². The van der Waals surface area contributed by atoms with Crippen LogP contribution in [0, 0.1) is 5.82 Å². The lowest BCUT2D eigenvalue weighted by atomic mass is 9.89. The van der Waals surface area contributed by atoms with E-state index in [-0.39, 0.29) is 18.2 Å². The highest BCUT2D eigenvalue weighted by Crippen LogP contribution is 2.33. The molecular weight excluding hydrogens is 271 g/mol. The number of benzene rings is 2. The normalized spacial score (nSPS) is 16.8. The Kier molecular flexibility index (Phi) is 3.39. The maximum absolute atomic E-state index is 13.2. The summed E-state index contributed by atoms with van der Waals surface area (Å²) in [7, 11) is 0. The van der Waals surface area contributed by atoms with Crippen LogP contribution in [0.4, 0.5) is 15.8 Å². The van der Waals surface area contributed by atoms with Crippen molar-refractivity contribution < 1.29 is 14.0 Å². The molecule has 1 unspecified atom stereocenters. The maximum Gasteiger partial charge on any atom is 0.232 e. The fraction of sp³-hybridized carbons (Fsp3) is 0.125. The van der Waals surface area contributed by atoms with Gasteiger partial charge in [0.05, 0.1) is 5.92 Å². The van der Waals surface area contributed by atoms with Crippen molar-refractivity contribution in [3.8, 4) is 0 Å². The Morgan fingerprint density at radius 1 is 1.19 bits per heavy atom. The van der Waals surface area contributed by atoms with Crippen molar-refractivity contribution in [3.05, 3.63) is 59.9 Å². The molecule has 0 saturated heterocycles. The molecule has 1 heterocycles. The predicted octanol–water partition coefficient (Wildman–Crippen LogP) is 2.89. The van der Waals surface area contributed by atoms with E-state index in [2.05, 4.69) is 10.6 Å². The van der Waals surface area contributed by atoms with E-state index in [4.69, 9.17) is 0 Å². The lowest BCUT2D eigenvalue weighted by molar-refractivity contribution is -0.123. The summed E-state index contributed by atoms with van der Waals surface area (Å²) < 4.78 is 13.2. The molecule has 1 atom stereocenters. The Morgan fingerprint density at radius 3 is 2.71 bits per heavy atom. The van der Waals surface area contributed by atoms with Gasteiger partial charge in [0.2, 0.25) is 11.8 Å². The van der Waals surface area contributed by atoms with Crippen LogP contribution in [0.1, 0.15) is 17.9 Å². The highest BCUT2D eigenvalue weighted by molar-refractivity contribution is 6.05. The van der Waals surface area contributed by atoms with Crippen molar-refractivity contribution in [2.24, 2.45) is 0 Å². The number of rotatable bonds is 2. The van der Waals surface area contributed by atoms with Gasteiger partial charge >= 0.3 is 0 Å². The highest BCUT2D eigenvalue weighted by Gasteiger charge is 2.30. The van der Waals surface area contributed by atoms with Crippen LogP contribution in [0.3, 0.4) is 0 Å². The molecule has 0 aromatic heterocycles. The Bertz CT molecular complexity index is 701. The second kappa shape index (κ2) is 5.36. The van der Waals surface area contributed by atoms with Gasteiger partial charge in [-0.05, 0) is 29.8 Å². The summed E-state index contributed by atoms with van der Waals surface area (Å²) >= 11 is 0. The average molecular weight is 284 g/mol. The predicted molar refractivity (Wildman–Crippen MR) is 77.5 cm³/mol. The number of carbonyl (C=O) groups is 2. The fourth-order valence-electron chi connectivity index (χ4n) is 2.42. The van der Waals surface area contributed by atoms with Crippen molar-refractivity contribution in [2.75, 3.05) is 10.6 Å². The Hall–Kier alpha value is -2.69. The summed E-state index contributed by atoms with van der Waals surface area (Å²) in [6.07, 6.45) is 0.0529. The van der Waals surface area contributed by atoms with Crippen molar-refractivity contribution in [3.63, 3.8) is 0 Å². The summed E-state index contributed by atoms with van der Waals surface area (Å²) in [4.78, 5) is 24.1. The Balaban J connectivity index is 1.89. The van der Waals surface area contributed by atoms with Crippen LogP contribution < -0.4 is 10.6 Å². The minimum absolute atomic E-state index is 0.0529. The summed E-state index contributed by atoms with van der Waals surface area (Å²) in [6, 6.07) is 13.1. The van der Waals surface area contributed by atoms with Gasteiger partial charge in [-0.1, -0.05) is 24.3 Å². The van der Waals surface area contributed by atoms with Crippen LogP contribution in [0.5, 0.6) is 0 Å². The zero-order chi connectivity index (χ0) is 14.8. The van der Waals surface area contributed by atoms with Crippen LogP contribution in [0.25, 0.3) is 0 Å². The summed E-state index contributed by atoms with van der Waals surface area (Å²) in [6.45, 7) is 0. The molecule has 0 bridgehead atoms. The lowest BCUT2D eigenvalue weighted by Crippen LogP contribution is -2.30. The number of hydrogen-bond acceptors (Lipinski definition) is 2. The lowest BCUT2D eigenvalue weighted by Gasteiger charge is -2.24. The van der Waals surface area contributed by atoms with Gasteiger partial charge in [0, 0.05) is 17.8 Å². The first-order valence-corrected chi connectivity index (χ1v) is 6.59. The zero-order valence-electron chi connectivity index (χ0n) is 11.1. The maximum atomic E-state index is 13.2. The van der Waals surface area contributed by atoms with Gasteiger partial charge < -0.3 is 10.6 Å². The smallest absolute Gasteiger partial charge is 0.232 e. The molecule has 0 spiro atoms. The Labute approximate surface area is 121 Å². The van der Waals surface area contributed by atoms with E-state index in [9.17, 15) is 14.0 Å². The molecular formula is C16H13FN2O2. The number of nitrogens with one attached hydrogen (secondary N) is 2. The van der Waals surface area contributed by atoms with E-state index in [1.807, 2.05) is 18.2 Å². The second-order valence-electron chi connectivity index (χ2n) is 4.89. The number of carbonyl (C=O) groups excluding carboxylic acids is 2. The van der Waals surface area contributed by atoms with Crippen molar-refractivity contribution >= 4 is 23.2 Å². The van der Waals surface area contributed by atoms with Gasteiger partial charge in [-0.2, -0.15) is 0 Å². The minimum Gasteiger partial charge on any atom is -0.326 e. The first kappa shape index (κ1) is 13.3. The van der Waals surface area contributed by atoms with Crippen LogP contribution >= 0.6 is 0 Å². The molecule has 2 N–H and O–H groups in total. The first-order valence-electron chi connectivity index (χ1n) is 6.59. The minimum atomic E-state index is -0.616. The van der Waals surface area contributed by atoms with Crippen molar-refractivity contribution in [2.45, 2.75) is 12.3 Å². The van der Waals surface area contributed by atoms with Gasteiger partial charge in [-0.3, -0.25) is 9.59 Å². The average Bonchev–Trinajstić information content (AvgIpc) is 2.47. The molecule has 106 valence electrons. The number of anilines is 2. The summed E-state index contributed by atoms with van der Waals surface area (Å²) in [5.74, 6) is -1.63. The molecule has 2 aromatic carbocycles. The molecule has 0 aliphatic carbocycles. The molecule has 3 rings (SSSR count). The fourth-order valence-corrected chi connectivity index (χ4v) is 2.42. The topological polar surface area (TPSA) is 58.2 Å². The first-order chi connectivity index (χ1) is 10.1. The molecule has 1 aliphatic heterocycles. The van der Waals surface area contributed by atoms with Crippen LogP contribution in [-0.2, 0) is 9.59 Å². The molecule has 1 aliphatic rings. The van der Waals surface area contributed by atoms with E-state index in [1.165, 1.54) is 12.1 Å². The largest absolute Gasteiger partial charge is 0.326 e. The quantitative estimate of drug-likeness (QED) is 0.891. The SMILES string of the molecule is O=C1CC(C(=O)Nc2ccccc2)c2ccc(F)cc2N1. The molecule has 5 heteroatoms. The highest BCUT2D eigenvalue weighted by atomic mass is 19.1. The monoisotopic (exact) mass is 284 g/mol. The van der Waals surface area contributed by atoms with E-state index < -0.39 is 11.7 Å². The van der Waals surface area contributed by atoms with Crippen LogP contribution in [0.2, 0.25) is 0 Å². The third kappa shape index (κ3) is 2.76. The molecule has 0 saturated carbocycles. The summed E-state index contributed by atoms with van der Waals surface area (Å²) in [5.41, 5.74) is 1.65. The number of hydrogen-bond donors (Lipinski definition) is 2. The van der Waals surface area contributed by atoms with Crippen LogP contribution in [0.15, 0.2) is 48.5 Å². The molecule has 0 radical (unpaired) electrons. The third-order valence-corrected chi connectivity index (χ3v) is 3.41. The molecule has 0 fully saturated rings. The molecule has 2 amide bonds. The number of para-hydroxylation sites is 1. The number of halogens is 1. The van der Waals surface area contributed by atoms with Crippen molar-refractivity contribution in [1.82, 2.24) is 0 Å². The van der Waals surface area contributed by atoms with E-state index in [0.29, 0.717) is 16.9 Å².